The molecule has 0 amide bonds. The smallest absolute Gasteiger partial charge is 0.201 e. The summed E-state index contributed by atoms with van der Waals surface area (Å²) in [5, 5.41) is 8.95. The van der Waals surface area contributed by atoms with Crippen molar-refractivity contribution in [1.82, 2.24) is 0 Å². The summed E-state index contributed by atoms with van der Waals surface area (Å²) in [5.74, 6) is -4.38. The fraction of sp³-hybridized carbons (Fsp3) is 0.0909. The van der Waals surface area contributed by atoms with Crippen molar-refractivity contribution in [3.63, 3.8) is 0 Å². The van der Waals surface area contributed by atoms with Crippen LogP contribution in [-0.4, -0.2) is 12.2 Å². The van der Waals surface area contributed by atoms with Crippen molar-refractivity contribution in [3.05, 3.63) is 88.5 Å². The molecule has 144 valence electrons. The third-order valence-electron chi connectivity index (χ3n) is 4.31. The molecule has 0 saturated heterocycles. The minimum Gasteiger partial charge on any atom is -0.494 e. The van der Waals surface area contributed by atoms with Crippen molar-refractivity contribution in [2.45, 2.75) is 6.61 Å². The van der Waals surface area contributed by atoms with E-state index in [1.165, 1.54) is 37.5 Å². The quantitative estimate of drug-likeness (QED) is 0.457. The number of hydrogen-bond acceptors (Lipinski definition) is 2. The van der Waals surface area contributed by atoms with E-state index in [0.717, 1.165) is 0 Å². The summed E-state index contributed by atoms with van der Waals surface area (Å²) in [5.41, 5.74) is 1.11. The largest absolute Gasteiger partial charge is 0.494 e. The molecule has 0 radical (unpaired) electrons. The van der Waals surface area contributed by atoms with E-state index < -0.39 is 29.9 Å². The zero-order valence-electron chi connectivity index (χ0n) is 14.8. The molecule has 0 spiro atoms. The van der Waals surface area contributed by atoms with Crippen LogP contribution in [0.3, 0.4) is 0 Å². The second-order valence-corrected chi connectivity index (χ2v) is 6.00. The van der Waals surface area contributed by atoms with Gasteiger partial charge in [-0.2, -0.15) is 4.39 Å². The summed E-state index contributed by atoms with van der Waals surface area (Å²) < 4.78 is 60.5. The monoisotopic (exact) mass is 388 g/mol. The third kappa shape index (κ3) is 3.77. The standard InChI is InChI=1S/C22H16F4O2/c1-28-18-11-10-17(21(25)22(18)26)14-5-2-13(3-6-14)4-7-15-8-9-16(12-27)20(24)19(15)23/h2-11,27H,12H2,1H3/b7-4+. The summed E-state index contributed by atoms with van der Waals surface area (Å²) in [6.45, 7) is -0.587. The Morgan fingerprint density at radius 3 is 2.14 bits per heavy atom. The predicted molar refractivity (Wildman–Crippen MR) is 99.6 cm³/mol. The summed E-state index contributed by atoms with van der Waals surface area (Å²) in [7, 11) is 1.25. The Morgan fingerprint density at radius 1 is 0.786 bits per heavy atom. The van der Waals surface area contributed by atoms with Gasteiger partial charge in [-0.05, 0) is 23.3 Å². The average molecular weight is 388 g/mol. The fourth-order valence-corrected chi connectivity index (χ4v) is 2.73. The maximum Gasteiger partial charge on any atom is 0.201 e. The molecule has 2 nitrogen and oxygen atoms in total. The Morgan fingerprint density at radius 2 is 1.50 bits per heavy atom. The number of benzene rings is 3. The first kappa shape index (κ1) is 19.6. The summed E-state index contributed by atoms with van der Waals surface area (Å²) >= 11 is 0. The van der Waals surface area contributed by atoms with E-state index in [-0.39, 0.29) is 22.4 Å². The van der Waals surface area contributed by atoms with Crippen molar-refractivity contribution >= 4 is 12.2 Å². The lowest BCUT2D eigenvalue weighted by Crippen LogP contribution is -1.96. The molecule has 0 saturated carbocycles. The first-order valence-corrected chi connectivity index (χ1v) is 8.34. The van der Waals surface area contributed by atoms with Crippen LogP contribution in [0.4, 0.5) is 17.6 Å². The van der Waals surface area contributed by atoms with E-state index in [2.05, 4.69) is 0 Å². The highest BCUT2D eigenvalue weighted by Crippen LogP contribution is 2.30. The van der Waals surface area contributed by atoms with E-state index in [1.54, 1.807) is 30.3 Å². The van der Waals surface area contributed by atoms with Crippen LogP contribution in [0.1, 0.15) is 16.7 Å². The van der Waals surface area contributed by atoms with Crippen LogP contribution >= 0.6 is 0 Å². The summed E-state index contributed by atoms with van der Waals surface area (Å²) in [6.07, 6.45) is 2.95. The van der Waals surface area contributed by atoms with E-state index >= 15 is 0 Å². The Labute approximate surface area is 159 Å². The minimum atomic E-state index is -1.09. The number of methoxy groups -OCH3 is 1. The lowest BCUT2D eigenvalue weighted by Gasteiger charge is -2.08. The van der Waals surface area contributed by atoms with Gasteiger partial charge in [0, 0.05) is 16.7 Å². The molecule has 3 aromatic carbocycles. The fourth-order valence-electron chi connectivity index (χ4n) is 2.73. The molecule has 28 heavy (non-hydrogen) atoms. The highest BCUT2D eigenvalue weighted by atomic mass is 19.2. The minimum absolute atomic E-state index is 0.0297. The van der Waals surface area contributed by atoms with Crippen LogP contribution in [0.2, 0.25) is 0 Å². The molecule has 6 heteroatoms. The SMILES string of the molecule is COc1ccc(-c2ccc(/C=C/c3ccc(CO)c(F)c3F)cc2)c(F)c1F. The molecule has 0 atom stereocenters. The van der Waals surface area contributed by atoms with Gasteiger partial charge >= 0.3 is 0 Å². The van der Waals surface area contributed by atoms with Gasteiger partial charge in [0.2, 0.25) is 5.82 Å². The van der Waals surface area contributed by atoms with Gasteiger partial charge in [0.25, 0.3) is 0 Å². The Bertz CT molecular complexity index is 1030. The van der Waals surface area contributed by atoms with Gasteiger partial charge in [0.15, 0.2) is 23.2 Å². The molecule has 3 aromatic rings. The molecular formula is C22H16F4O2. The van der Waals surface area contributed by atoms with Crippen molar-refractivity contribution in [2.75, 3.05) is 7.11 Å². The molecule has 3 rings (SSSR count). The molecule has 0 aliphatic carbocycles. The zero-order valence-corrected chi connectivity index (χ0v) is 14.8. The summed E-state index contributed by atoms with van der Waals surface area (Å²) in [6, 6.07) is 11.9. The maximum absolute atomic E-state index is 14.2. The topological polar surface area (TPSA) is 29.5 Å². The van der Waals surface area contributed by atoms with Crippen LogP contribution in [0.15, 0.2) is 48.5 Å². The Kier molecular flexibility index (Phi) is 5.80. The van der Waals surface area contributed by atoms with Crippen molar-refractivity contribution < 1.29 is 27.4 Å². The molecule has 1 N–H and O–H groups in total. The van der Waals surface area contributed by atoms with Crippen LogP contribution in [0, 0.1) is 23.3 Å². The average Bonchev–Trinajstić information content (AvgIpc) is 2.72. The number of aliphatic hydroxyl groups is 1. The van der Waals surface area contributed by atoms with E-state index in [0.29, 0.717) is 11.1 Å². The number of ether oxygens (including phenoxy) is 1. The highest BCUT2D eigenvalue weighted by molar-refractivity contribution is 5.73. The lowest BCUT2D eigenvalue weighted by molar-refractivity contribution is 0.273. The molecule has 0 unspecified atom stereocenters. The molecular weight excluding hydrogens is 372 g/mol. The second-order valence-electron chi connectivity index (χ2n) is 6.00. The first-order chi connectivity index (χ1) is 13.5. The number of rotatable bonds is 5. The first-order valence-electron chi connectivity index (χ1n) is 8.34. The van der Waals surface area contributed by atoms with Gasteiger partial charge in [-0.1, -0.05) is 48.6 Å². The number of hydrogen-bond donors (Lipinski definition) is 1. The van der Waals surface area contributed by atoms with Gasteiger partial charge < -0.3 is 9.84 Å². The van der Waals surface area contributed by atoms with Crippen molar-refractivity contribution in [1.29, 1.82) is 0 Å². The maximum atomic E-state index is 14.2. The van der Waals surface area contributed by atoms with E-state index in [9.17, 15) is 17.6 Å². The summed E-state index contributed by atoms with van der Waals surface area (Å²) in [4.78, 5) is 0. The molecule has 0 heterocycles. The third-order valence-corrected chi connectivity index (χ3v) is 4.31. The van der Waals surface area contributed by atoms with Crippen LogP contribution < -0.4 is 4.74 Å². The van der Waals surface area contributed by atoms with Crippen molar-refractivity contribution in [3.8, 4) is 16.9 Å². The van der Waals surface area contributed by atoms with Crippen LogP contribution in [-0.2, 0) is 6.61 Å². The molecule has 0 aliphatic heterocycles. The van der Waals surface area contributed by atoms with E-state index in [4.69, 9.17) is 9.84 Å². The molecule has 0 bridgehead atoms. The van der Waals surface area contributed by atoms with Crippen molar-refractivity contribution in [2.24, 2.45) is 0 Å². The zero-order chi connectivity index (χ0) is 20.3. The van der Waals surface area contributed by atoms with E-state index in [1.807, 2.05) is 0 Å². The molecule has 0 fully saturated rings. The van der Waals surface area contributed by atoms with Gasteiger partial charge in [-0.15, -0.1) is 0 Å². The Balaban J connectivity index is 1.85. The van der Waals surface area contributed by atoms with Gasteiger partial charge in [0.05, 0.1) is 13.7 Å². The molecule has 0 aliphatic rings. The number of aliphatic hydroxyl groups excluding tert-OH is 1. The van der Waals surface area contributed by atoms with Crippen LogP contribution in [0.5, 0.6) is 5.75 Å². The lowest BCUT2D eigenvalue weighted by atomic mass is 10.0. The van der Waals surface area contributed by atoms with Gasteiger partial charge in [-0.25, -0.2) is 13.2 Å². The van der Waals surface area contributed by atoms with Gasteiger partial charge in [-0.3, -0.25) is 0 Å². The Hall–Kier alpha value is -3.12. The number of halogens is 4. The second kappa shape index (κ2) is 8.27. The highest BCUT2D eigenvalue weighted by Gasteiger charge is 2.15. The molecule has 0 aromatic heterocycles. The predicted octanol–water partition coefficient (Wildman–Crippen LogP) is 5.58. The van der Waals surface area contributed by atoms with Gasteiger partial charge in [0.1, 0.15) is 0 Å². The normalized spacial score (nSPS) is 11.2. The van der Waals surface area contributed by atoms with Crippen LogP contribution in [0.25, 0.3) is 23.3 Å².